The van der Waals surface area contributed by atoms with Crippen molar-refractivity contribution in [1.82, 2.24) is 4.90 Å². The number of carbonyl (C=O) groups excluding carboxylic acids is 1. The summed E-state index contributed by atoms with van der Waals surface area (Å²) in [6.07, 6.45) is 1.94. The fraction of sp³-hybridized carbons (Fsp3) is 0.533. The molecule has 0 radical (unpaired) electrons. The van der Waals surface area contributed by atoms with Crippen molar-refractivity contribution in [2.45, 2.75) is 17.7 Å². The van der Waals surface area contributed by atoms with Crippen molar-refractivity contribution in [2.24, 2.45) is 0 Å². The van der Waals surface area contributed by atoms with E-state index < -0.39 is 0 Å². The summed E-state index contributed by atoms with van der Waals surface area (Å²) >= 11 is 3.59. The predicted octanol–water partition coefficient (Wildman–Crippen LogP) is 2.71. The molecule has 1 aromatic carbocycles. The van der Waals surface area contributed by atoms with Crippen LogP contribution in [0, 0.1) is 0 Å². The van der Waals surface area contributed by atoms with E-state index in [4.69, 9.17) is 14.2 Å². The van der Waals surface area contributed by atoms with Gasteiger partial charge in [0.2, 0.25) is 5.75 Å². The number of ether oxygens (including phenoxy) is 3. The molecule has 1 aromatic rings. The third-order valence-electron chi connectivity index (χ3n) is 3.62. The molecule has 0 spiro atoms. The first kappa shape index (κ1) is 15.9. The van der Waals surface area contributed by atoms with E-state index in [1.54, 1.807) is 33.5 Å². The molecule has 116 valence electrons. The molecule has 0 N–H and O–H groups in total. The minimum absolute atomic E-state index is 0.00588. The number of halogens is 1. The second-order valence-corrected chi connectivity index (χ2v) is 6.18. The lowest BCUT2D eigenvalue weighted by Crippen LogP contribution is -2.38. The van der Waals surface area contributed by atoms with E-state index in [1.807, 2.05) is 4.90 Å². The van der Waals surface area contributed by atoms with Crippen LogP contribution in [0.3, 0.4) is 0 Å². The van der Waals surface area contributed by atoms with E-state index in [0.29, 0.717) is 27.6 Å². The molecule has 1 aliphatic rings. The van der Waals surface area contributed by atoms with E-state index in [1.165, 1.54) is 0 Å². The van der Waals surface area contributed by atoms with E-state index in [2.05, 4.69) is 15.9 Å². The molecule has 5 nitrogen and oxygen atoms in total. The minimum Gasteiger partial charge on any atom is -0.493 e. The van der Waals surface area contributed by atoms with Crippen molar-refractivity contribution in [3.8, 4) is 17.2 Å². The molecule has 0 unspecified atom stereocenters. The van der Waals surface area contributed by atoms with Crippen molar-refractivity contribution in [1.29, 1.82) is 0 Å². The Bertz CT molecular complexity index is 487. The molecule has 0 aliphatic carbocycles. The molecule has 1 fully saturated rings. The highest BCUT2D eigenvalue weighted by atomic mass is 79.9. The fourth-order valence-corrected chi connectivity index (χ4v) is 2.85. The Labute approximate surface area is 133 Å². The highest BCUT2D eigenvalue weighted by Gasteiger charge is 2.24. The number of piperidine rings is 1. The largest absolute Gasteiger partial charge is 0.493 e. The number of carbonyl (C=O) groups is 1. The minimum atomic E-state index is -0.00588. The zero-order valence-corrected chi connectivity index (χ0v) is 14.1. The number of methoxy groups -OCH3 is 3. The Balaban J connectivity index is 2.28. The molecule has 1 aliphatic heterocycles. The number of likely N-dealkylation sites (tertiary alicyclic amines) is 1. The number of hydrogen-bond acceptors (Lipinski definition) is 4. The Morgan fingerprint density at radius 2 is 1.62 bits per heavy atom. The summed E-state index contributed by atoms with van der Waals surface area (Å²) in [6, 6.07) is 3.40. The van der Waals surface area contributed by atoms with Crippen LogP contribution >= 0.6 is 15.9 Å². The van der Waals surface area contributed by atoms with Crippen molar-refractivity contribution in [3.05, 3.63) is 17.7 Å². The van der Waals surface area contributed by atoms with Gasteiger partial charge >= 0.3 is 0 Å². The molecule has 1 amide bonds. The highest BCUT2D eigenvalue weighted by molar-refractivity contribution is 9.09. The van der Waals surface area contributed by atoms with Crippen LogP contribution in [0.25, 0.3) is 0 Å². The maximum atomic E-state index is 12.6. The summed E-state index contributed by atoms with van der Waals surface area (Å²) in [5.74, 6) is 1.48. The molecule has 2 rings (SSSR count). The number of amides is 1. The molecular formula is C15H20BrNO4. The van der Waals surface area contributed by atoms with Gasteiger partial charge in [-0.2, -0.15) is 0 Å². The first-order valence-electron chi connectivity index (χ1n) is 6.84. The van der Waals surface area contributed by atoms with Gasteiger partial charge in [-0.15, -0.1) is 0 Å². The molecule has 0 bridgehead atoms. The summed E-state index contributed by atoms with van der Waals surface area (Å²) in [5, 5.41) is 0. The van der Waals surface area contributed by atoms with Gasteiger partial charge < -0.3 is 19.1 Å². The predicted molar refractivity (Wildman–Crippen MR) is 84.0 cm³/mol. The summed E-state index contributed by atoms with van der Waals surface area (Å²) in [7, 11) is 4.63. The number of hydrogen-bond donors (Lipinski definition) is 0. The van der Waals surface area contributed by atoms with Gasteiger partial charge in [0, 0.05) is 23.5 Å². The van der Waals surface area contributed by atoms with E-state index in [9.17, 15) is 4.79 Å². The monoisotopic (exact) mass is 357 g/mol. The van der Waals surface area contributed by atoms with Gasteiger partial charge in [-0.1, -0.05) is 15.9 Å². The van der Waals surface area contributed by atoms with E-state index in [-0.39, 0.29) is 5.91 Å². The van der Waals surface area contributed by atoms with Crippen molar-refractivity contribution in [2.75, 3.05) is 34.4 Å². The zero-order chi connectivity index (χ0) is 15.4. The number of rotatable bonds is 4. The van der Waals surface area contributed by atoms with Crippen molar-refractivity contribution in [3.63, 3.8) is 0 Å². The van der Waals surface area contributed by atoms with Gasteiger partial charge in [0.1, 0.15) is 0 Å². The van der Waals surface area contributed by atoms with Gasteiger partial charge in [0.15, 0.2) is 11.5 Å². The van der Waals surface area contributed by atoms with Crippen LogP contribution in [0.1, 0.15) is 23.2 Å². The van der Waals surface area contributed by atoms with E-state index in [0.717, 1.165) is 25.9 Å². The normalized spacial score (nSPS) is 15.7. The Kier molecular flexibility index (Phi) is 5.33. The van der Waals surface area contributed by atoms with Crippen molar-refractivity contribution < 1.29 is 19.0 Å². The van der Waals surface area contributed by atoms with Crippen LogP contribution < -0.4 is 14.2 Å². The summed E-state index contributed by atoms with van der Waals surface area (Å²) in [5.41, 5.74) is 0.553. The molecule has 6 heteroatoms. The third-order valence-corrected chi connectivity index (χ3v) is 4.54. The summed E-state index contributed by atoms with van der Waals surface area (Å²) < 4.78 is 15.9. The Morgan fingerprint density at radius 1 is 1.10 bits per heavy atom. The van der Waals surface area contributed by atoms with Gasteiger partial charge in [-0.3, -0.25) is 4.79 Å². The molecule has 0 aromatic heterocycles. The second kappa shape index (κ2) is 7.02. The van der Waals surface area contributed by atoms with Crippen LogP contribution in [0.5, 0.6) is 17.2 Å². The lowest BCUT2D eigenvalue weighted by Gasteiger charge is -2.29. The number of alkyl halides is 1. The lowest BCUT2D eigenvalue weighted by molar-refractivity contribution is 0.0727. The topological polar surface area (TPSA) is 48.0 Å². The Morgan fingerprint density at radius 3 is 2.05 bits per heavy atom. The fourth-order valence-electron chi connectivity index (χ4n) is 2.44. The molecule has 0 saturated carbocycles. The van der Waals surface area contributed by atoms with Crippen LogP contribution in [0.15, 0.2) is 12.1 Å². The molecule has 1 saturated heterocycles. The quantitative estimate of drug-likeness (QED) is 0.777. The first-order chi connectivity index (χ1) is 10.1. The van der Waals surface area contributed by atoms with Crippen molar-refractivity contribution >= 4 is 21.8 Å². The third kappa shape index (κ3) is 3.43. The van der Waals surface area contributed by atoms with Gasteiger partial charge in [0.25, 0.3) is 5.91 Å². The lowest BCUT2D eigenvalue weighted by atomic mass is 10.1. The smallest absolute Gasteiger partial charge is 0.254 e. The van der Waals surface area contributed by atoms with Gasteiger partial charge in [-0.25, -0.2) is 0 Å². The zero-order valence-electron chi connectivity index (χ0n) is 12.5. The summed E-state index contributed by atoms with van der Waals surface area (Å²) in [4.78, 5) is 15.0. The maximum Gasteiger partial charge on any atom is 0.254 e. The van der Waals surface area contributed by atoms with Crippen LogP contribution in [-0.4, -0.2) is 50.1 Å². The average Bonchev–Trinajstić information content (AvgIpc) is 2.53. The number of nitrogens with zero attached hydrogens (tertiary/aromatic N) is 1. The number of benzene rings is 1. The second-order valence-electron chi connectivity index (χ2n) is 4.88. The van der Waals surface area contributed by atoms with Gasteiger partial charge in [-0.05, 0) is 25.0 Å². The molecule has 0 atom stereocenters. The SMILES string of the molecule is COc1cc(C(=O)N2CCC(Br)CC2)cc(OC)c1OC. The van der Waals surface area contributed by atoms with E-state index >= 15 is 0 Å². The molecular weight excluding hydrogens is 338 g/mol. The van der Waals surface area contributed by atoms with Crippen LogP contribution in [-0.2, 0) is 0 Å². The van der Waals surface area contributed by atoms with Crippen LogP contribution in [0.2, 0.25) is 0 Å². The van der Waals surface area contributed by atoms with Gasteiger partial charge in [0.05, 0.1) is 21.3 Å². The Hall–Kier alpha value is -1.43. The standard InChI is InChI=1S/C15H20BrNO4/c1-19-12-8-10(9-13(20-2)14(12)21-3)15(18)17-6-4-11(16)5-7-17/h8-9,11H,4-7H2,1-3H3. The molecule has 21 heavy (non-hydrogen) atoms. The first-order valence-corrected chi connectivity index (χ1v) is 7.75. The van der Waals surface area contributed by atoms with Crippen LogP contribution in [0.4, 0.5) is 0 Å². The maximum absolute atomic E-state index is 12.6. The average molecular weight is 358 g/mol. The highest BCUT2D eigenvalue weighted by Crippen LogP contribution is 2.38. The summed E-state index contributed by atoms with van der Waals surface area (Å²) in [6.45, 7) is 1.51. The molecule has 1 heterocycles.